The van der Waals surface area contributed by atoms with E-state index in [4.69, 9.17) is 5.26 Å². The molecule has 1 saturated heterocycles. The fourth-order valence-corrected chi connectivity index (χ4v) is 3.72. The smallest absolute Gasteiger partial charge is 0.301 e. The molecule has 1 unspecified atom stereocenters. The van der Waals surface area contributed by atoms with E-state index in [2.05, 4.69) is 10.2 Å². The Morgan fingerprint density at radius 2 is 1.68 bits per heavy atom. The van der Waals surface area contributed by atoms with Gasteiger partial charge in [-0.2, -0.15) is 10.4 Å². The molecule has 34 heavy (non-hydrogen) atoms. The number of rotatable bonds is 4. The number of nitriles is 1. The van der Waals surface area contributed by atoms with Crippen LogP contribution in [0, 0.1) is 18.3 Å². The van der Waals surface area contributed by atoms with Crippen LogP contribution >= 0.6 is 0 Å². The number of amides is 1. The molecular formula is C25H18F2N4O3. The van der Waals surface area contributed by atoms with Crippen LogP contribution in [0.3, 0.4) is 0 Å². The minimum absolute atomic E-state index is 0.0708. The van der Waals surface area contributed by atoms with Crippen molar-refractivity contribution in [2.24, 2.45) is 0 Å². The third kappa shape index (κ3) is 4.01. The van der Waals surface area contributed by atoms with Crippen molar-refractivity contribution in [3.63, 3.8) is 0 Å². The number of hydrogen-bond donors (Lipinski definition) is 1. The molecular weight excluding hydrogens is 442 g/mol. The molecule has 1 aromatic heterocycles. The summed E-state index contributed by atoms with van der Waals surface area (Å²) in [5.41, 5.74) is 1.01. The molecule has 0 bridgehead atoms. The normalized spacial score (nSPS) is 17.6. The van der Waals surface area contributed by atoms with Crippen molar-refractivity contribution in [3.05, 3.63) is 94.2 Å². The SMILES string of the molecule is Cc1ccc(N2C(=O)C(=O)C(=C(O)c3ccc(C#N)cc3)C2c2ccc(C(C)(F)F)cc2)nn1. The molecule has 2 aromatic carbocycles. The van der Waals surface area contributed by atoms with E-state index >= 15 is 0 Å². The van der Waals surface area contributed by atoms with Crippen molar-refractivity contribution < 1.29 is 23.5 Å². The number of anilines is 1. The summed E-state index contributed by atoms with van der Waals surface area (Å²) in [7, 11) is 0. The van der Waals surface area contributed by atoms with Gasteiger partial charge in [-0.25, -0.2) is 8.78 Å². The number of aromatic nitrogens is 2. The van der Waals surface area contributed by atoms with Crippen LogP contribution in [0.25, 0.3) is 5.76 Å². The molecule has 0 radical (unpaired) electrons. The number of carbonyl (C=O) groups is 2. The molecule has 3 aromatic rings. The van der Waals surface area contributed by atoms with Crippen LogP contribution in [0.1, 0.15) is 40.9 Å². The van der Waals surface area contributed by atoms with Gasteiger partial charge in [-0.05, 0) is 48.9 Å². The first-order chi connectivity index (χ1) is 16.1. The Morgan fingerprint density at radius 1 is 1.03 bits per heavy atom. The van der Waals surface area contributed by atoms with Crippen LogP contribution in [-0.2, 0) is 15.5 Å². The zero-order chi connectivity index (χ0) is 24.6. The predicted octanol–water partition coefficient (Wildman–Crippen LogP) is 4.39. The van der Waals surface area contributed by atoms with Crippen molar-refractivity contribution in [2.75, 3.05) is 4.90 Å². The molecule has 9 heteroatoms. The number of Topliss-reactive ketones (excluding diaryl/α,β-unsaturated/α-hetero) is 1. The number of carbonyl (C=O) groups excluding carboxylic acids is 2. The number of hydrogen-bond acceptors (Lipinski definition) is 6. The molecule has 170 valence electrons. The molecule has 4 rings (SSSR count). The molecule has 2 heterocycles. The number of benzene rings is 2. The highest BCUT2D eigenvalue weighted by atomic mass is 19.3. The minimum atomic E-state index is -3.08. The molecule has 7 nitrogen and oxygen atoms in total. The fraction of sp³-hybridized carbons (Fsp3) is 0.160. The lowest BCUT2D eigenvalue weighted by Gasteiger charge is -2.24. The lowest BCUT2D eigenvalue weighted by Crippen LogP contribution is -2.30. The molecule has 1 amide bonds. The molecule has 0 saturated carbocycles. The fourth-order valence-electron chi connectivity index (χ4n) is 3.72. The first kappa shape index (κ1) is 22.7. The first-order valence-electron chi connectivity index (χ1n) is 10.2. The first-order valence-corrected chi connectivity index (χ1v) is 10.2. The maximum atomic E-state index is 13.7. The van der Waals surface area contributed by atoms with E-state index in [0.717, 1.165) is 11.8 Å². The maximum Gasteiger partial charge on any atom is 0.301 e. The summed E-state index contributed by atoms with van der Waals surface area (Å²) in [5, 5.41) is 28.0. The van der Waals surface area contributed by atoms with Crippen molar-refractivity contribution in [3.8, 4) is 6.07 Å². The average molecular weight is 460 g/mol. The van der Waals surface area contributed by atoms with E-state index in [1.807, 2.05) is 6.07 Å². The Labute approximate surface area is 193 Å². The van der Waals surface area contributed by atoms with Gasteiger partial charge in [-0.15, -0.1) is 5.10 Å². The molecule has 1 aliphatic heterocycles. The van der Waals surface area contributed by atoms with Gasteiger partial charge in [-0.3, -0.25) is 14.5 Å². The van der Waals surface area contributed by atoms with Gasteiger partial charge in [0.1, 0.15) is 5.76 Å². The number of ketones is 1. The van der Waals surface area contributed by atoms with E-state index in [9.17, 15) is 23.5 Å². The van der Waals surface area contributed by atoms with E-state index in [1.54, 1.807) is 13.0 Å². The van der Waals surface area contributed by atoms with Crippen molar-refractivity contribution in [2.45, 2.75) is 25.8 Å². The van der Waals surface area contributed by atoms with Gasteiger partial charge in [0.05, 0.1) is 28.9 Å². The van der Waals surface area contributed by atoms with Crippen molar-refractivity contribution >= 4 is 23.3 Å². The maximum absolute atomic E-state index is 13.7. The summed E-state index contributed by atoms with van der Waals surface area (Å²) in [5.74, 6) is -5.37. The zero-order valence-corrected chi connectivity index (χ0v) is 18.2. The topological polar surface area (TPSA) is 107 Å². The number of aliphatic hydroxyl groups excluding tert-OH is 1. The predicted molar refractivity (Wildman–Crippen MR) is 119 cm³/mol. The van der Waals surface area contributed by atoms with Gasteiger partial charge in [0.2, 0.25) is 0 Å². The van der Waals surface area contributed by atoms with Gasteiger partial charge in [0.25, 0.3) is 11.7 Å². The van der Waals surface area contributed by atoms with Crippen LogP contribution in [-0.4, -0.2) is 27.0 Å². The molecule has 0 spiro atoms. The lowest BCUT2D eigenvalue weighted by molar-refractivity contribution is -0.132. The van der Waals surface area contributed by atoms with E-state index in [-0.39, 0.29) is 22.5 Å². The van der Waals surface area contributed by atoms with E-state index in [0.29, 0.717) is 16.8 Å². The summed E-state index contributed by atoms with van der Waals surface area (Å²) in [4.78, 5) is 27.2. The summed E-state index contributed by atoms with van der Waals surface area (Å²) in [6, 6.07) is 14.9. The highest BCUT2D eigenvalue weighted by Gasteiger charge is 2.47. The third-order valence-electron chi connectivity index (χ3n) is 5.50. The Kier molecular flexibility index (Phi) is 5.67. The Morgan fingerprint density at radius 3 is 2.21 bits per heavy atom. The van der Waals surface area contributed by atoms with Crippen LogP contribution < -0.4 is 4.90 Å². The second-order valence-corrected chi connectivity index (χ2v) is 7.90. The van der Waals surface area contributed by atoms with E-state index < -0.39 is 29.4 Å². The van der Waals surface area contributed by atoms with Crippen LogP contribution in [0.2, 0.25) is 0 Å². The molecule has 0 aliphatic carbocycles. The van der Waals surface area contributed by atoms with Crippen molar-refractivity contribution in [1.82, 2.24) is 10.2 Å². The van der Waals surface area contributed by atoms with Crippen molar-refractivity contribution in [1.29, 1.82) is 5.26 Å². The van der Waals surface area contributed by atoms with Crippen LogP contribution in [0.5, 0.6) is 0 Å². The number of nitrogens with zero attached hydrogens (tertiary/aromatic N) is 4. The second kappa shape index (κ2) is 8.48. The largest absolute Gasteiger partial charge is 0.507 e. The van der Waals surface area contributed by atoms with Gasteiger partial charge >= 0.3 is 5.91 Å². The molecule has 1 aliphatic rings. The van der Waals surface area contributed by atoms with E-state index in [1.165, 1.54) is 54.6 Å². The van der Waals surface area contributed by atoms with Gasteiger partial charge in [-0.1, -0.05) is 24.3 Å². The number of halogens is 2. The summed E-state index contributed by atoms with van der Waals surface area (Å²) < 4.78 is 27.5. The molecule has 1 N–H and O–H groups in total. The molecule has 1 atom stereocenters. The van der Waals surface area contributed by atoms with Gasteiger partial charge in [0.15, 0.2) is 5.82 Å². The molecule has 1 fully saturated rings. The minimum Gasteiger partial charge on any atom is -0.507 e. The number of aryl methyl sites for hydroxylation is 1. The Bertz CT molecular complexity index is 1340. The quantitative estimate of drug-likeness (QED) is 0.351. The highest BCUT2D eigenvalue weighted by molar-refractivity contribution is 6.51. The monoisotopic (exact) mass is 460 g/mol. The highest BCUT2D eigenvalue weighted by Crippen LogP contribution is 2.42. The average Bonchev–Trinajstić information content (AvgIpc) is 3.09. The number of aliphatic hydroxyl groups is 1. The Hall–Kier alpha value is -4.45. The summed E-state index contributed by atoms with van der Waals surface area (Å²) in [6.45, 7) is 2.47. The van der Waals surface area contributed by atoms with Gasteiger partial charge in [0, 0.05) is 18.1 Å². The summed E-state index contributed by atoms with van der Waals surface area (Å²) in [6.07, 6.45) is 0. The van der Waals surface area contributed by atoms with Crippen LogP contribution in [0.15, 0.2) is 66.2 Å². The lowest BCUT2D eigenvalue weighted by atomic mass is 9.94. The summed E-state index contributed by atoms with van der Waals surface area (Å²) >= 11 is 0. The second-order valence-electron chi connectivity index (χ2n) is 7.90. The Balaban J connectivity index is 1.91. The third-order valence-corrected chi connectivity index (χ3v) is 5.50. The number of alkyl halides is 2. The van der Waals surface area contributed by atoms with Gasteiger partial charge < -0.3 is 5.11 Å². The standard InChI is InChI=1S/C25H18F2N4O3/c1-14-3-12-19(30-29-14)31-21(16-8-10-18(11-9-16)25(2,26)27)20(23(33)24(31)34)22(32)17-6-4-15(13-28)5-7-17/h3-12,21,32H,1-2H3. The zero-order valence-electron chi connectivity index (χ0n) is 18.2. The van der Waals surface area contributed by atoms with Crippen LogP contribution in [0.4, 0.5) is 14.6 Å².